The van der Waals surface area contributed by atoms with Crippen molar-refractivity contribution in [2.45, 2.75) is 0 Å². The lowest BCUT2D eigenvalue weighted by Crippen LogP contribution is -1.91. The van der Waals surface area contributed by atoms with E-state index in [1.54, 1.807) is 0 Å². The van der Waals surface area contributed by atoms with Crippen molar-refractivity contribution < 1.29 is 8.83 Å². The molecule has 5 heteroatoms. The average Bonchev–Trinajstić information content (AvgIpc) is 3.44. The molecule has 0 amide bonds. The van der Waals surface area contributed by atoms with Crippen LogP contribution in [0, 0.1) is 0 Å². The molecule has 0 aliphatic heterocycles. The number of rotatable bonds is 4. The Bertz CT molecular complexity index is 1450. The van der Waals surface area contributed by atoms with Gasteiger partial charge in [0.05, 0.1) is 0 Å². The fourth-order valence-corrected chi connectivity index (χ4v) is 3.58. The highest BCUT2D eigenvalue weighted by atomic mass is 16.4. The maximum atomic E-state index is 5.89. The second-order valence-electron chi connectivity index (χ2n) is 7.26. The minimum absolute atomic E-state index is 0.608. The molecule has 5 nitrogen and oxygen atoms in total. The van der Waals surface area contributed by atoms with Crippen molar-refractivity contribution in [1.29, 1.82) is 0 Å². The van der Waals surface area contributed by atoms with Crippen LogP contribution >= 0.6 is 0 Å². The van der Waals surface area contributed by atoms with Gasteiger partial charge >= 0.3 is 0 Å². The molecule has 0 atom stereocenters. The fraction of sp³-hybridized carbons (Fsp3) is 0. The van der Waals surface area contributed by atoms with E-state index >= 15 is 0 Å². The fourth-order valence-electron chi connectivity index (χ4n) is 3.58. The van der Waals surface area contributed by atoms with Gasteiger partial charge in [-0.05, 0) is 66.7 Å². The Hall–Kier alpha value is -4.38. The number of fused-ring (bicyclic) bond motifs is 2. The van der Waals surface area contributed by atoms with Crippen LogP contribution in [0.2, 0.25) is 0 Å². The molecular formula is C26H17N3O2. The summed E-state index contributed by atoms with van der Waals surface area (Å²) in [6, 6.07) is 31.6. The first-order valence-corrected chi connectivity index (χ1v) is 10.0. The molecular weight excluding hydrogens is 386 g/mol. The SMILES string of the molecule is c1cc(Nc2ccc(-c3nc4ccccc4o3)cc2)cc(-c2nc3ccccc3o2)c1. The standard InChI is InChI=1S/C26H17N3O2/c1-3-10-23-21(8-1)28-25(30-23)17-12-14-19(15-13-17)27-20-7-5-6-18(16-20)26-29-22-9-2-4-11-24(22)31-26/h1-16,27H. The van der Waals surface area contributed by atoms with Crippen molar-refractivity contribution >= 4 is 33.6 Å². The maximum Gasteiger partial charge on any atom is 0.227 e. The van der Waals surface area contributed by atoms with E-state index in [0.29, 0.717) is 11.8 Å². The molecule has 0 aliphatic rings. The molecule has 0 saturated heterocycles. The van der Waals surface area contributed by atoms with Crippen LogP contribution in [-0.2, 0) is 0 Å². The van der Waals surface area contributed by atoms with Crippen LogP contribution in [0.5, 0.6) is 0 Å². The van der Waals surface area contributed by atoms with Gasteiger partial charge in [-0.25, -0.2) is 9.97 Å². The summed E-state index contributed by atoms with van der Waals surface area (Å²) in [4.78, 5) is 9.14. The van der Waals surface area contributed by atoms with E-state index in [4.69, 9.17) is 8.83 Å². The second-order valence-corrected chi connectivity index (χ2v) is 7.26. The van der Waals surface area contributed by atoms with Crippen LogP contribution in [0.25, 0.3) is 45.1 Å². The molecule has 1 N–H and O–H groups in total. The summed E-state index contributed by atoms with van der Waals surface area (Å²) >= 11 is 0. The predicted molar refractivity (Wildman–Crippen MR) is 122 cm³/mol. The molecule has 2 aromatic heterocycles. The smallest absolute Gasteiger partial charge is 0.227 e. The number of oxazole rings is 2. The third-order valence-corrected chi connectivity index (χ3v) is 5.12. The summed E-state index contributed by atoms with van der Waals surface area (Å²) in [6.45, 7) is 0. The number of hydrogen-bond acceptors (Lipinski definition) is 5. The number of para-hydroxylation sites is 4. The van der Waals surface area contributed by atoms with Gasteiger partial charge in [-0.3, -0.25) is 0 Å². The molecule has 0 spiro atoms. The number of anilines is 2. The number of nitrogens with one attached hydrogen (secondary N) is 1. The molecule has 0 fully saturated rings. The van der Waals surface area contributed by atoms with E-state index in [0.717, 1.165) is 44.7 Å². The van der Waals surface area contributed by atoms with Gasteiger partial charge in [0.2, 0.25) is 11.8 Å². The van der Waals surface area contributed by atoms with Gasteiger partial charge in [-0.1, -0.05) is 30.3 Å². The summed E-state index contributed by atoms with van der Waals surface area (Å²) in [7, 11) is 0. The number of aromatic nitrogens is 2. The van der Waals surface area contributed by atoms with Gasteiger partial charge < -0.3 is 14.2 Å². The molecule has 0 unspecified atom stereocenters. The highest BCUT2D eigenvalue weighted by Gasteiger charge is 2.10. The number of hydrogen-bond donors (Lipinski definition) is 1. The first-order valence-electron chi connectivity index (χ1n) is 10.0. The monoisotopic (exact) mass is 403 g/mol. The molecule has 0 aliphatic carbocycles. The van der Waals surface area contributed by atoms with Crippen LogP contribution in [0.15, 0.2) is 106 Å². The summed E-state index contributed by atoms with van der Waals surface area (Å²) in [5.41, 5.74) is 7.05. The Labute approximate surface area is 178 Å². The quantitative estimate of drug-likeness (QED) is 0.342. The van der Waals surface area contributed by atoms with Gasteiger partial charge in [0, 0.05) is 22.5 Å². The van der Waals surface area contributed by atoms with Crippen molar-refractivity contribution in [2.75, 3.05) is 5.32 Å². The Morgan fingerprint density at radius 1 is 0.516 bits per heavy atom. The Morgan fingerprint density at radius 3 is 1.77 bits per heavy atom. The van der Waals surface area contributed by atoms with Crippen LogP contribution in [0.4, 0.5) is 11.4 Å². The Kier molecular flexibility index (Phi) is 4.03. The van der Waals surface area contributed by atoms with Gasteiger partial charge in [-0.15, -0.1) is 0 Å². The third-order valence-electron chi connectivity index (χ3n) is 5.12. The topological polar surface area (TPSA) is 64.1 Å². The number of benzene rings is 4. The molecule has 4 aromatic carbocycles. The third kappa shape index (κ3) is 3.32. The Morgan fingerprint density at radius 2 is 1.13 bits per heavy atom. The lowest BCUT2D eigenvalue weighted by Gasteiger charge is -2.08. The minimum atomic E-state index is 0.608. The molecule has 148 valence electrons. The highest BCUT2D eigenvalue weighted by molar-refractivity contribution is 5.78. The first-order chi connectivity index (χ1) is 15.3. The van der Waals surface area contributed by atoms with E-state index in [1.807, 2.05) is 97.1 Å². The van der Waals surface area contributed by atoms with E-state index in [-0.39, 0.29) is 0 Å². The van der Waals surface area contributed by atoms with Crippen LogP contribution < -0.4 is 5.32 Å². The van der Waals surface area contributed by atoms with Crippen molar-refractivity contribution in [2.24, 2.45) is 0 Å². The first kappa shape index (κ1) is 17.5. The van der Waals surface area contributed by atoms with E-state index in [1.165, 1.54) is 0 Å². The van der Waals surface area contributed by atoms with Gasteiger partial charge in [0.1, 0.15) is 11.0 Å². The summed E-state index contributed by atoms with van der Waals surface area (Å²) in [6.07, 6.45) is 0. The van der Waals surface area contributed by atoms with Crippen LogP contribution in [0.1, 0.15) is 0 Å². The lowest BCUT2D eigenvalue weighted by atomic mass is 10.1. The highest BCUT2D eigenvalue weighted by Crippen LogP contribution is 2.29. The van der Waals surface area contributed by atoms with E-state index in [2.05, 4.69) is 15.3 Å². The zero-order valence-corrected chi connectivity index (χ0v) is 16.4. The van der Waals surface area contributed by atoms with Gasteiger partial charge in [0.25, 0.3) is 0 Å². The van der Waals surface area contributed by atoms with Crippen molar-refractivity contribution in [3.63, 3.8) is 0 Å². The molecule has 31 heavy (non-hydrogen) atoms. The maximum absolute atomic E-state index is 5.89. The molecule has 0 saturated carbocycles. The van der Waals surface area contributed by atoms with Crippen LogP contribution in [0.3, 0.4) is 0 Å². The normalized spacial score (nSPS) is 11.2. The average molecular weight is 403 g/mol. The molecule has 0 radical (unpaired) electrons. The minimum Gasteiger partial charge on any atom is -0.436 e. The molecule has 0 bridgehead atoms. The summed E-state index contributed by atoms with van der Waals surface area (Å²) < 4.78 is 11.7. The summed E-state index contributed by atoms with van der Waals surface area (Å²) in [5.74, 6) is 1.22. The van der Waals surface area contributed by atoms with E-state index in [9.17, 15) is 0 Å². The molecule has 6 aromatic rings. The lowest BCUT2D eigenvalue weighted by molar-refractivity contribution is 0.619. The van der Waals surface area contributed by atoms with Gasteiger partial charge in [-0.2, -0.15) is 0 Å². The van der Waals surface area contributed by atoms with Crippen molar-refractivity contribution in [3.8, 4) is 22.9 Å². The summed E-state index contributed by atoms with van der Waals surface area (Å²) in [5, 5.41) is 3.43. The molecule has 2 heterocycles. The Balaban J connectivity index is 1.25. The predicted octanol–water partition coefficient (Wildman–Crippen LogP) is 7.05. The number of nitrogens with zero attached hydrogens (tertiary/aromatic N) is 2. The van der Waals surface area contributed by atoms with Crippen LogP contribution in [-0.4, -0.2) is 9.97 Å². The van der Waals surface area contributed by atoms with E-state index < -0.39 is 0 Å². The van der Waals surface area contributed by atoms with Gasteiger partial charge in [0.15, 0.2) is 11.2 Å². The van der Waals surface area contributed by atoms with Crippen molar-refractivity contribution in [1.82, 2.24) is 9.97 Å². The zero-order chi connectivity index (χ0) is 20.6. The molecule has 6 rings (SSSR count). The zero-order valence-electron chi connectivity index (χ0n) is 16.4. The largest absolute Gasteiger partial charge is 0.436 e. The van der Waals surface area contributed by atoms with Crippen molar-refractivity contribution in [3.05, 3.63) is 97.1 Å². The second kappa shape index (κ2) is 7.15.